The fourth-order valence-electron chi connectivity index (χ4n) is 2.36. The van der Waals surface area contributed by atoms with E-state index >= 15 is 0 Å². The van der Waals surface area contributed by atoms with Crippen LogP contribution in [0.15, 0.2) is 54.7 Å². The third-order valence-electron chi connectivity index (χ3n) is 3.33. The van der Waals surface area contributed by atoms with E-state index in [1.165, 1.54) is 0 Å². The molecule has 0 radical (unpaired) electrons. The van der Waals surface area contributed by atoms with Crippen LogP contribution < -0.4 is 5.32 Å². The molecule has 4 nitrogen and oxygen atoms in total. The molecule has 0 spiro atoms. The van der Waals surface area contributed by atoms with Gasteiger partial charge in [-0.25, -0.2) is 0 Å². The molecule has 0 aliphatic heterocycles. The van der Waals surface area contributed by atoms with Crippen LogP contribution in [-0.4, -0.2) is 18.0 Å². The monoisotopic (exact) mass is 280 g/mol. The average Bonchev–Trinajstić information content (AvgIpc) is 2.92. The van der Waals surface area contributed by atoms with Gasteiger partial charge in [-0.15, -0.1) is 0 Å². The number of hydrogen-bond acceptors (Lipinski definition) is 2. The van der Waals surface area contributed by atoms with Gasteiger partial charge in [-0.05, 0) is 23.8 Å². The maximum atomic E-state index is 12.4. The normalized spacial score (nSPS) is 10.7. The molecule has 0 saturated heterocycles. The lowest BCUT2D eigenvalue weighted by molar-refractivity contribution is 0.102. The highest BCUT2D eigenvalue weighted by Gasteiger charge is 2.11. The Kier molecular flexibility index (Phi) is 3.71. The van der Waals surface area contributed by atoms with Gasteiger partial charge < -0.3 is 15.0 Å². The predicted octanol–water partition coefficient (Wildman–Crippen LogP) is 3.57. The zero-order valence-corrected chi connectivity index (χ0v) is 11.7. The Balaban J connectivity index is 1.84. The number of methoxy groups -OCH3 is 1. The number of H-pyrrole nitrogens is 1. The molecule has 0 unspecified atom stereocenters. The summed E-state index contributed by atoms with van der Waals surface area (Å²) >= 11 is 0. The SMILES string of the molecule is COCc1cccc(NC(=O)c2c[nH]c3ccccc23)c1. The molecular weight excluding hydrogens is 264 g/mol. The number of ether oxygens (including phenoxy) is 1. The van der Waals surface area contributed by atoms with E-state index in [0.717, 1.165) is 22.2 Å². The minimum Gasteiger partial charge on any atom is -0.380 e. The standard InChI is InChI=1S/C17H16N2O2/c1-21-11-12-5-4-6-13(9-12)19-17(20)15-10-18-16-8-3-2-7-14(15)16/h2-10,18H,11H2,1H3,(H,19,20). The van der Waals surface area contributed by atoms with E-state index in [4.69, 9.17) is 4.74 Å². The first kappa shape index (κ1) is 13.4. The number of amides is 1. The summed E-state index contributed by atoms with van der Waals surface area (Å²) in [7, 11) is 1.65. The van der Waals surface area contributed by atoms with Crippen molar-refractivity contribution in [2.45, 2.75) is 6.61 Å². The summed E-state index contributed by atoms with van der Waals surface area (Å²) in [6, 6.07) is 15.4. The Hall–Kier alpha value is -2.59. The molecule has 3 aromatic rings. The van der Waals surface area contributed by atoms with Crippen LogP contribution in [0.2, 0.25) is 0 Å². The summed E-state index contributed by atoms with van der Waals surface area (Å²) < 4.78 is 5.10. The second kappa shape index (κ2) is 5.81. The molecule has 106 valence electrons. The van der Waals surface area contributed by atoms with Gasteiger partial charge in [-0.3, -0.25) is 4.79 Å². The fourth-order valence-corrected chi connectivity index (χ4v) is 2.36. The predicted molar refractivity (Wildman–Crippen MR) is 83.4 cm³/mol. The Labute approximate surface area is 122 Å². The highest BCUT2D eigenvalue weighted by atomic mass is 16.5. The van der Waals surface area contributed by atoms with Gasteiger partial charge in [0.05, 0.1) is 12.2 Å². The first-order valence-corrected chi connectivity index (χ1v) is 6.73. The number of carbonyl (C=O) groups excluding carboxylic acids is 1. The first-order chi connectivity index (χ1) is 10.3. The molecule has 0 fully saturated rings. The van der Waals surface area contributed by atoms with Crippen molar-refractivity contribution >= 4 is 22.5 Å². The second-order valence-electron chi connectivity index (χ2n) is 4.84. The van der Waals surface area contributed by atoms with Crippen LogP contribution in [-0.2, 0) is 11.3 Å². The van der Waals surface area contributed by atoms with E-state index in [-0.39, 0.29) is 5.91 Å². The second-order valence-corrected chi connectivity index (χ2v) is 4.84. The Morgan fingerprint density at radius 2 is 2.05 bits per heavy atom. The molecule has 4 heteroatoms. The number of carbonyl (C=O) groups is 1. The van der Waals surface area contributed by atoms with Crippen molar-refractivity contribution in [2.24, 2.45) is 0 Å². The number of anilines is 1. The summed E-state index contributed by atoms with van der Waals surface area (Å²) in [5, 5.41) is 3.84. The number of rotatable bonds is 4. The molecule has 2 aromatic carbocycles. The first-order valence-electron chi connectivity index (χ1n) is 6.73. The van der Waals surface area contributed by atoms with Crippen LogP contribution in [0, 0.1) is 0 Å². The molecule has 21 heavy (non-hydrogen) atoms. The lowest BCUT2D eigenvalue weighted by atomic mass is 10.1. The molecule has 2 N–H and O–H groups in total. The average molecular weight is 280 g/mol. The molecule has 0 bridgehead atoms. The van der Waals surface area contributed by atoms with Gasteiger partial charge in [0.25, 0.3) is 5.91 Å². The van der Waals surface area contributed by atoms with Crippen LogP contribution in [0.5, 0.6) is 0 Å². The highest BCUT2D eigenvalue weighted by molar-refractivity contribution is 6.12. The largest absolute Gasteiger partial charge is 0.380 e. The summed E-state index contributed by atoms with van der Waals surface area (Å²) in [5.41, 5.74) is 3.38. The van der Waals surface area contributed by atoms with Crippen molar-refractivity contribution in [3.8, 4) is 0 Å². The minimum atomic E-state index is -0.123. The molecule has 0 atom stereocenters. The molecule has 3 rings (SSSR count). The third-order valence-corrected chi connectivity index (χ3v) is 3.33. The molecular formula is C17H16N2O2. The quantitative estimate of drug-likeness (QED) is 0.767. The van der Waals surface area contributed by atoms with Gasteiger partial charge in [-0.1, -0.05) is 30.3 Å². The van der Waals surface area contributed by atoms with Gasteiger partial charge in [0.15, 0.2) is 0 Å². The van der Waals surface area contributed by atoms with Gasteiger partial charge in [0, 0.05) is 29.9 Å². The molecule has 0 aliphatic rings. The van der Waals surface area contributed by atoms with E-state index in [1.54, 1.807) is 13.3 Å². The van der Waals surface area contributed by atoms with Gasteiger partial charge in [-0.2, -0.15) is 0 Å². The van der Waals surface area contributed by atoms with Crippen molar-refractivity contribution in [1.82, 2.24) is 4.98 Å². The van der Waals surface area contributed by atoms with E-state index in [2.05, 4.69) is 10.3 Å². The lowest BCUT2D eigenvalue weighted by Gasteiger charge is -2.06. The van der Waals surface area contributed by atoms with Crippen LogP contribution in [0.4, 0.5) is 5.69 Å². The van der Waals surface area contributed by atoms with Crippen LogP contribution in [0.1, 0.15) is 15.9 Å². The molecule has 1 heterocycles. The number of aromatic amines is 1. The zero-order valence-electron chi connectivity index (χ0n) is 11.7. The van der Waals surface area contributed by atoms with Crippen LogP contribution in [0.25, 0.3) is 10.9 Å². The van der Waals surface area contributed by atoms with E-state index in [1.807, 2.05) is 48.5 Å². The molecule has 0 aliphatic carbocycles. The zero-order chi connectivity index (χ0) is 14.7. The van der Waals surface area contributed by atoms with Crippen LogP contribution >= 0.6 is 0 Å². The Morgan fingerprint density at radius 3 is 2.90 bits per heavy atom. The number of aromatic nitrogens is 1. The smallest absolute Gasteiger partial charge is 0.257 e. The lowest BCUT2D eigenvalue weighted by Crippen LogP contribution is -2.11. The minimum absolute atomic E-state index is 0.123. The molecule has 0 saturated carbocycles. The number of benzene rings is 2. The van der Waals surface area contributed by atoms with Crippen molar-refractivity contribution in [1.29, 1.82) is 0 Å². The fraction of sp³-hybridized carbons (Fsp3) is 0.118. The molecule has 1 amide bonds. The van der Waals surface area contributed by atoms with Gasteiger partial charge >= 0.3 is 0 Å². The summed E-state index contributed by atoms with van der Waals surface area (Å²) in [4.78, 5) is 15.5. The summed E-state index contributed by atoms with van der Waals surface area (Å²) in [6.45, 7) is 0.525. The molecule has 1 aromatic heterocycles. The summed E-state index contributed by atoms with van der Waals surface area (Å²) in [5.74, 6) is -0.123. The van der Waals surface area contributed by atoms with E-state index in [9.17, 15) is 4.79 Å². The summed E-state index contributed by atoms with van der Waals surface area (Å²) in [6.07, 6.45) is 1.74. The third kappa shape index (κ3) is 2.80. The topological polar surface area (TPSA) is 54.1 Å². The van der Waals surface area contributed by atoms with E-state index < -0.39 is 0 Å². The Morgan fingerprint density at radius 1 is 1.19 bits per heavy atom. The van der Waals surface area contributed by atoms with Crippen molar-refractivity contribution in [3.05, 3.63) is 65.9 Å². The van der Waals surface area contributed by atoms with Gasteiger partial charge in [0.2, 0.25) is 0 Å². The van der Waals surface area contributed by atoms with Crippen molar-refractivity contribution < 1.29 is 9.53 Å². The highest BCUT2D eigenvalue weighted by Crippen LogP contribution is 2.19. The van der Waals surface area contributed by atoms with Gasteiger partial charge in [0.1, 0.15) is 0 Å². The maximum absolute atomic E-state index is 12.4. The number of nitrogens with one attached hydrogen (secondary N) is 2. The van der Waals surface area contributed by atoms with E-state index in [0.29, 0.717) is 12.2 Å². The number of para-hydroxylation sites is 1. The van der Waals surface area contributed by atoms with Crippen molar-refractivity contribution in [3.63, 3.8) is 0 Å². The number of hydrogen-bond donors (Lipinski definition) is 2. The number of fused-ring (bicyclic) bond motifs is 1. The maximum Gasteiger partial charge on any atom is 0.257 e. The van der Waals surface area contributed by atoms with Crippen molar-refractivity contribution in [2.75, 3.05) is 12.4 Å². The Bertz CT molecular complexity index is 777. The van der Waals surface area contributed by atoms with Crippen LogP contribution in [0.3, 0.4) is 0 Å².